The van der Waals surface area contributed by atoms with Gasteiger partial charge < -0.3 is 0 Å². The summed E-state index contributed by atoms with van der Waals surface area (Å²) in [4.78, 5) is 0. The Bertz CT molecular complexity index is 358. The maximum absolute atomic E-state index is 13.2. The minimum atomic E-state index is -2.67. The quantitative estimate of drug-likeness (QED) is 0.602. The van der Waals surface area contributed by atoms with Gasteiger partial charge in [-0.3, -0.25) is 0 Å². The van der Waals surface area contributed by atoms with E-state index in [1.165, 1.54) is 6.07 Å². The number of fused-ring (bicyclic) bond motifs is 1. The number of rotatable bonds is 0. The molecule has 70 valence electrons. The molecule has 0 atom stereocenters. The summed E-state index contributed by atoms with van der Waals surface area (Å²) in [6, 6.07) is 3.14. The molecular formula is C10H9ClF2. The Morgan fingerprint density at radius 2 is 2.08 bits per heavy atom. The molecule has 1 aromatic carbocycles. The van der Waals surface area contributed by atoms with E-state index in [-0.39, 0.29) is 12.0 Å². The molecule has 13 heavy (non-hydrogen) atoms. The largest absolute Gasteiger partial charge is 0.273 e. The molecule has 0 radical (unpaired) electrons. The Morgan fingerprint density at radius 3 is 2.77 bits per heavy atom. The first kappa shape index (κ1) is 8.95. The van der Waals surface area contributed by atoms with Gasteiger partial charge in [-0.25, -0.2) is 8.78 Å². The molecule has 0 unspecified atom stereocenters. The maximum Gasteiger partial charge on any atom is 0.273 e. The summed E-state index contributed by atoms with van der Waals surface area (Å²) in [6.45, 7) is 1.83. The number of hydrogen-bond donors (Lipinski definition) is 0. The number of alkyl halides is 2. The zero-order valence-electron chi connectivity index (χ0n) is 7.20. The topological polar surface area (TPSA) is 0 Å². The molecule has 0 N–H and O–H groups in total. The number of aryl methyl sites for hydroxylation is 1. The molecule has 3 heteroatoms. The van der Waals surface area contributed by atoms with Gasteiger partial charge in [0.05, 0.1) is 0 Å². The van der Waals surface area contributed by atoms with Gasteiger partial charge in [0.25, 0.3) is 5.92 Å². The van der Waals surface area contributed by atoms with Crippen molar-refractivity contribution in [1.82, 2.24) is 0 Å². The van der Waals surface area contributed by atoms with Crippen molar-refractivity contribution in [3.8, 4) is 0 Å². The Labute approximate surface area is 80.5 Å². The molecule has 0 fully saturated rings. The molecular weight excluding hydrogens is 194 g/mol. The fourth-order valence-electron chi connectivity index (χ4n) is 1.74. The average molecular weight is 203 g/mol. The normalized spacial score (nSPS) is 18.8. The van der Waals surface area contributed by atoms with Gasteiger partial charge in [-0.1, -0.05) is 23.7 Å². The average Bonchev–Trinajstić information content (AvgIpc) is 2.35. The summed E-state index contributed by atoms with van der Waals surface area (Å²) in [6.07, 6.45) is 0.286. The molecule has 1 aromatic rings. The lowest BCUT2D eigenvalue weighted by molar-refractivity contribution is -0.00183. The van der Waals surface area contributed by atoms with Crippen LogP contribution < -0.4 is 0 Å². The molecule has 2 rings (SSSR count). The summed E-state index contributed by atoms with van der Waals surface area (Å²) in [5.41, 5.74) is 1.62. The van der Waals surface area contributed by atoms with Crippen LogP contribution in [-0.2, 0) is 12.3 Å². The van der Waals surface area contributed by atoms with Crippen LogP contribution in [-0.4, -0.2) is 0 Å². The van der Waals surface area contributed by atoms with Crippen molar-refractivity contribution in [2.75, 3.05) is 0 Å². The van der Waals surface area contributed by atoms with E-state index in [2.05, 4.69) is 0 Å². The van der Waals surface area contributed by atoms with Crippen LogP contribution in [0.15, 0.2) is 12.1 Å². The zero-order valence-corrected chi connectivity index (χ0v) is 7.96. The number of hydrogen-bond acceptors (Lipinski definition) is 0. The van der Waals surface area contributed by atoms with Gasteiger partial charge in [-0.15, -0.1) is 0 Å². The van der Waals surface area contributed by atoms with Crippen molar-refractivity contribution in [3.63, 3.8) is 0 Å². The highest BCUT2D eigenvalue weighted by Gasteiger charge is 2.40. The predicted octanol–water partition coefficient (Wildman–Crippen LogP) is 3.69. The molecule has 1 aliphatic carbocycles. The van der Waals surface area contributed by atoms with Crippen molar-refractivity contribution >= 4 is 11.6 Å². The van der Waals surface area contributed by atoms with E-state index in [0.717, 1.165) is 5.56 Å². The van der Waals surface area contributed by atoms with E-state index in [0.29, 0.717) is 17.0 Å². The summed E-state index contributed by atoms with van der Waals surface area (Å²) >= 11 is 5.93. The van der Waals surface area contributed by atoms with Gasteiger partial charge >= 0.3 is 0 Å². The fraction of sp³-hybridized carbons (Fsp3) is 0.400. The van der Waals surface area contributed by atoms with Crippen LogP contribution in [0.1, 0.15) is 23.1 Å². The van der Waals surface area contributed by atoms with E-state index < -0.39 is 5.92 Å². The van der Waals surface area contributed by atoms with Crippen LogP contribution in [0.2, 0.25) is 5.02 Å². The van der Waals surface area contributed by atoms with Gasteiger partial charge in [0, 0.05) is 17.0 Å². The van der Waals surface area contributed by atoms with Crippen molar-refractivity contribution in [3.05, 3.63) is 33.8 Å². The Hall–Kier alpha value is -0.630. The fourth-order valence-corrected chi connectivity index (χ4v) is 2.00. The monoisotopic (exact) mass is 202 g/mol. The van der Waals surface area contributed by atoms with Crippen LogP contribution >= 0.6 is 11.6 Å². The SMILES string of the molecule is Cc1ccc2c(c1Cl)CCC2(F)F. The highest BCUT2D eigenvalue weighted by molar-refractivity contribution is 6.32. The Kier molecular flexibility index (Phi) is 1.84. The van der Waals surface area contributed by atoms with Gasteiger partial charge in [-0.05, 0) is 24.5 Å². The maximum atomic E-state index is 13.2. The minimum Gasteiger partial charge on any atom is -0.201 e. The Morgan fingerprint density at radius 1 is 1.38 bits per heavy atom. The highest BCUT2D eigenvalue weighted by atomic mass is 35.5. The first-order valence-corrected chi connectivity index (χ1v) is 4.56. The predicted molar refractivity (Wildman–Crippen MR) is 48.4 cm³/mol. The molecule has 1 aliphatic rings. The summed E-state index contributed by atoms with van der Waals surface area (Å²) in [5, 5.41) is 0.509. The van der Waals surface area contributed by atoms with E-state index in [1.54, 1.807) is 6.07 Å². The van der Waals surface area contributed by atoms with Crippen molar-refractivity contribution in [1.29, 1.82) is 0 Å². The van der Waals surface area contributed by atoms with Gasteiger partial charge in [0.1, 0.15) is 0 Å². The summed E-state index contributed by atoms with van der Waals surface area (Å²) in [7, 11) is 0. The second kappa shape index (κ2) is 2.68. The molecule has 0 saturated heterocycles. The van der Waals surface area contributed by atoms with E-state index in [4.69, 9.17) is 11.6 Å². The standard InChI is InChI=1S/C10H9ClF2/c1-6-2-3-8-7(9(6)11)4-5-10(8,12)13/h2-3H,4-5H2,1H3. The van der Waals surface area contributed by atoms with Gasteiger partial charge in [0.15, 0.2) is 0 Å². The molecule has 0 amide bonds. The summed E-state index contributed by atoms with van der Waals surface area (Å²) in [5.74, 6) is -2.67. The van der Waals surface area contributed by atoms with Gasteiger partial charge in [0.2, 0.25) is 0 Å². The van der Waals surface area contributed by atoms with Crippen molar-refractivity contribution in [2.45, 2.75) is 25.7 Å². The molecule has 0 nitrogen and oxygen atoms in total. The second-order valence-electron chi connectivity index (χ2n) is 3.43. The third-order valence-electron chi connectivity index (χ3n) is 2.52. The van der Waals surface area contributed by atoms with Crippen LogP contribution in [0.4, 0.5) is 8.78 Å². The van der Waals surface area contributed by atoms with Crippen molar-refractivity contribution < 1.29 is 8.78 Å². The number of halogens is 3. The zero-order chi connectivity index (χ0) is 9.64. The van der Waals surface area contributed by atoms with Crippen molar-refractivity contribution in [2.24, 2.45) is 0 Å². The van der Waals surface area contributed by atoms with E-state index in [1.807, 2.05) is 6.92 Å². The first-order valence-electron chi connectivity index (χ1n) is 4.18. The molecule has 0 aliphatic heterocycles. The van der Waals surface area contributed by atoms with Crippen LogP contribution in [0.25, 0.3) is 0 Å². The number of benzene rings is 1. The molecule has 0 saturated carbocycles. The first-order chi connectivity index (χ1) is 6.02. The Balaban J connectivity index is 2.64. The lowest BCUT2D eigenvalue weighted by atomic mass is 10.1. The third kappa shape index (κ3) is 1.24. The molecule has 0 heterocycles. The highest BCUT2D eigenvalue weighted by Crippen LogP contribution is 2.44. The second-order valence-corrected chi connectivity index (χ2v) is 3.80. The minimum absolute atomic E-state index is 0.106. The van der Waals surface area contributed by atoms with E-state index >= 15 is 0 Å². The molecule has 0 spiro atoms. The van der Waals surface area contributed by atoms with Crippen LogP contribution in [0, 0.1) is 6.92 Å². The van der Waals surface area contributed by atoms with E-state index in [9.17, 15) is 8.78 Å². The molecule has 0 bridgehead atoms. The lowest BCUT2D eigenvalue weighted by Gasteiger charge is -2.10. The lowest BCUT2D eigenvalue weighted by Crippen LogP contribution is -2.07. The smallest absolute Gasteiger partial charge is 0.201 e. The molecule has 0 aromatic heterocycles. The van der Waals surface area contributed by atoms with Crippen LogP contribution in [0.5, 0.6) is 0 Å². The van der Waals surface area contributed by atoms with Gasteiger partial charge in [-0.2, -0.15) is 0 Å². The van der Waals surface area contributed by atoms with Crippen LogP contribution in [0.3, 0.4) is 0 Å². The third-order valence-corrected chi connectivity index (χ3v) is 3.05. The summed E-state index contributed by atoms with van der Waals surface area (Å²) < 4.78 is 26.4.